The number of benzene rings is 1. The lowest BCUT2D eigenvalue weighted by Gasteiger charge is -2.57. The maximum atomic E-state index is 12.5. The number of carbonyl (C=O) groups is 1. The van der Waals surface area contributed by atoms with Crippen molar-refractivity contribution in [1.29, 1.82) is 0 Å². The number of rotatable bonds is 8. The fraction of sp³-hybridized carbons (Fsp3) is 0.562. The van der Waals surface area contributed by atoms with Gasteiger partial charge in [-0.25, -0.2) is 0 Å². The molecule has 0 bridgehead atoms. The summed E-state index contributed by atoms with van der Waals surface area (Å²) in [4.78, 5) is 22.6. The molecule has 0 spiro atoms. The summed E-state index contributed by atoms with van der Waals surface area (Å²) in [5.41, 5.74) is 0.402. The third-order valence-electron chi connectivity index (χ3n) is 4.71. The summed E-state index contributed by atoms with van der Waals surface area (Å²) in [5.74, 6) is -2.58. The number of aliphatic hydroxyl groups is 3. The molecule has 9 heteroatoms. The highest BCUT2D eigenvalue weighted by Crippen LogP contribution is 2.37. The number of nitro benzene ring substituents is 1. The largest absolute Gasteiger partial charge is 0.785 e. The van der Waals surface area contributed by atoms with Crippen LogP contribution in [0.3, 0.4) is 0 Å². The molecule has 1 fully saturated rings. The lowest BCUT2D eigenvalue weighted by Crippen LogP contribution is -2.62. The Morgan fingerprint density at radius 2 is 1.96 bits per heavy atom. The van der Waals surface area contributed by atoms with Crippen molar-refractivity contribution in [2.24, 2.45) is 17.8 Å². The van der Waals surface area contributed by atoms with Gasteiger partial charge in [0.2, 0.25) is 0 Å². The molecule has 1 aromatic rings. The minimum Gasteiger partial charge on any atom is -0.785 e. The maximum absolute atomic E-state index is 12.5. The van der Waals surface area contributed by atoms with Crippen molar-refractivity contribution in [3.63, 3.8) is 0 Å². The SMILES string of the molecule is CC(CO)C1C(C(C(=O)Cc2ccc([N+](=O)[O-])cc2)C(O)O)CN1[O-]. The van der Waals surface area contributed by atoms with E-state index in [2.05, 4.69) is 0 Å². The summed E-state index contributed by atoms with van der Waals surface area (Å²) in [5, 5.41) is 51.6. The van der Waals surface area contributed by atoms with Gasteiger partial charge in [0.15, 0.2) is 6.29 Å². The van der Waals surface area contributed by atoms with Crippen molar-refractivity contribution in [2.45, 2.75) is 25.7 Å². The van der Waals surface area contributed by atoms with Crippen LogP contribution < -0.4 is 0 Å². The lowest BCUT2D eigenvalue weighted by molar-refractivity contribution is -0.384. The molecule has 1 heterocycles. The molecule has 0 aromatic heterocycles. The fourth-order valence-electron chi connectivity index (χ4n) is 3.33. The second-order valence-electron chi connectivity index (χ2n) is 6.42. The van der Waals surface area contributed by atoms with E-state index in [0.717, 1.165) is 5.06 Å². The summed E-state index contributed by atoms with van der Waals surface area (Å²) in [6.45, 7) is 1.40. The highest BCUT2D eigenvalue weighted by atomic mass is 16.6. The van der Waals surface area contributed by atoms with Gasteiger partial charge in [0.25, 0.3) is 5.69 Å². The molecule has 4 atom stereocenters. The zero-order valence-corrected chi connectivity index (χ0v) is 13.7. The first-order chi connectivity index (χ1) is 11.8. The van der Waals surface area contributed by atoms with E-state index in [-0.39, 0.29) is 25.3 Å². The number of nitrogens with zero attached hydrogens (tertiary/aromatic N) is 2. The standard InChI is InChI=1S/C16H21N2O7/c1-9(8-19)15-12(7-17(15)23)14(16(21)22)13(20)6-10-2-4-11(5-3-10)18(24)25/h2-5,9,12,14-16,19,21-22H,6-8H2,1H3/q-1. The molecule has 1 aromatic carbocycles. The second kappa shape index (κ2) is 7.98. The van der Waals surface area contributed by atoms with Crippen LogP contribution in [-0.2, 0) is 11.2 Å². The number of carbonyl (C=O) groups excluding carboxylic acids is 1. The number of hydroxylamine groups is 2. The minimum absolute atomic E-state index is 0.0106. The third kappa shape index (κ3) is 4.20. The Kier molecular flexibility index (Phi) is 6.20. The molecule has 1 aliphatic rings. The molecule has 0 amide bonds. The Morgan fingerprint density at radius 3 is 2.40 bits per heavy atom. The Bertz CT molecular complexity index is 619. The summed E-state index contributed by atoms with van der Waals surface area (Å²) in [7, 11) is 0. The van der Waals surface area contributed by atoms with Crippen molar-refractivity contribution >= 4 is 11.5 Å². The molecule has 0 aliphatic carbocycles. The lowest BCUT2D eigenvalue weighted by atomic mass is 9.72. The van der Waals surface area contributed by atoms with Crippen LogP contribution in [0, 0.1) is 33.1 Å². The molecule has 9 nitrogen and oxygen atoms in total. The van der Waals surface area contributed by atoms with Gasteiger partial charge in [-0.15, -0.1) is 0 Å². The summed E-state index contributed by atoms with van der Waals surface area (Å²) >= 11 is 0. The average Bonchev–Trinajstić information content (AvgIpc) is 2.54. The number of ketones is 1. The number of hydrogen-bond donors (Lipinski definition) is 3. The van der Waals surface area contributed by atoms with Gasteiger partial charge in [-0.3, -0.25) is 14.9 Å². The first-order valence-electron chi connectivity index (χ1n) is 7.93. The molecule has 138 valence electrons. The Labute approximate surface area is 144 Å². The zero-order chi connectivity index (χ0) is 18.7. The Morgan fingerprint density at radius 1 is 1.36 bits per heavy atom. The van der Waals surface area contributed by atoms with E-state index in [1.165, 1.54) is 24.3 Å². The van der Waals surface area contributed by atoms with Gasteiger partial charge < -0.3 is 25.6 Å². The van der Waals surface area contributed by atoms with Crippen LogP contribution in [0.4, 0.5) is 5.69 Å². The van der Waals surface area contributed by atoms with E-state index in [4.69, 9.17) is 0 Å². The molecule has 2 rings (SSSR count). The smallest absolute Gasteiger partial charge is 0.269 e. The average molecular weight is 353 g/mol. The third-order valence-corrected chi connectivity index (χ3v) is 4.71. The topological polar surface area (TPSA) is 147 Å². The highest BCUT2D eigenvalue weighted by molar-refractivity contribution is 5.84. The number of nitro groups is 1. The van der Waals surface area contributed by atoms with Gasteiger partial charge in [-0.2, -0.15) is 0 Å². The van der Waals surface area contributed by atoms with Gasteiger partial charge in [0, 0.05) is 37.1 Å². The van der Waals surface area contributed by atoms with Crippen molar-refractivity contribution in [3.05, 3.63) is 45.2 Å². The van der Waals surface area contributed by atoms with E-state index >= 15 is 0 Å². The normalized spacial score (nSPS) is 23.1. The Hall–Kier alpha value is -1.91. The summed E-state index contributed by atoms with van der Waals surface area (Å²) < 4.78 is 0. The number of hydrogen-bond acceptors (Lipinski definition) is 8. The molecule has 25 heavy (non-hydrogen) atoms. The van der Waals surface area contributed by atoms with Crippen molar-refractivity contribution in [2.75, 3.05) is 13.2 Å². The van der Waals surface area contributed by atoms with Crippen LogP contribution in [0.15, 0.2) is 24.3 Å². The molecular weight excluding hydrogens is 332 g/mol. The first kappa shape index (κ1) is 19.4. The van der Waals surface area contributed by atoms with Gasteiger partial charge in [0.05, 0.1) is 10.8 Å². The number of non-ortho nitro benzene ring substituents is 1. The number of Topliss-reactive ketones (excluding diaryl/α,β-unsaturated/α-hetero) is 1. The minimum atomic E-state index is -1.92. The predicted molar refractivity (Wildman–Crippen MR) is 87.1 cm³/mol. The molecule has 4 unspecified atom stereocenters. The van der Waals surface area contributed by atoms with Crippen LogP contribution in [-0.4, -0.2) is 56.6 Å². The molecule has 1 saturated heterocycles. The van der Waals surface area contributed by atoms with E-state index < -0.39 is 40.8 Å². The van der Waals surface area contributed by atoms with Gasteiger partial charge >= 0.3 is 0 Å². The van der Waals surface area contributed by atoms with Gasteiger partial charge in [-0.1, -0.05) is 19.1 Å². The van der Waals surface area contributed by atoms with E-state index in [9.17, 15) is 35.4 Å². The van der Waals surface area contributed by atoms with E-state index in [1.807, 2.05) is 0 Å². The highest BCUT2D eigenvalue weighted by Gasteiger charge is 2.46. The second-order valence-corrected chi connectivity index (χ2v) is 6.42. The predicted octanol–water partition coefficient (Wildman–Crippen LogP) is 0.0599. The van der Waals surface area contributed by atoms with Gasteiger partial charge in [0.1, 0.15) is 5.78 Å². The molecule has 0 radical (unpaired) electrons. The van der Waals surface area contributed by atoms with Crippen molar-refractivity contribution in [3.8, 4) is 0 Å². The quantitative estimate of drug-likeness (QED) is 0.338. The van der Waals surface area contributed by atoms with Crippen molar-refractivity contribution < 1.29 is 25.0 Å². The van der Waals surface area contributed by atoms with Crippen molar-refractivity contribution in [1.82, 2.24) is 5.06 Å². The first-order valence-corrected chi connectivity index (χ1v) is 7.93. The maximum Gasteiger partial charge on any atom is 0.269 e. The molecular formula is C16H21N2O7-. The molecule has 3 N–H and O–H groups in total. The van der Waals surface area contributed by atoms with Crippen LogP contribution >= 0.6 is 0 Å². The summed E-state index contributed by atoms with van der Waals surface area (Å²) in [6.07, 6.45) is -2.05. The van der Waals surface area contributed by atoms with Crippen LogP contribution in [0.2, 0.25) is 0 Å². The van der Waals surface area contributed by atoms with Gasteiger partial charge in [-0.05, 0) is 18.0 Å². The molecule has 0 saturated carbocycles. The Balaban J connectivity index is 2.12. The molecule has 1 aliphatic heterocycles. The monoisotopic (exact) mass is 353 g/mol. The summed E-state index contributed by atoms with van der Waals surface area (Å²) in [6, 6.07) is 4.76. The van der Waals surface area contributed by atoms with Crippen LogP contribution in [0.25, 0.3) is 0 Å². The van der Waals surface area contributed by atoms with Crippen LogP contribution in [0.5, 0.6) is 0 Å². The number of aliphatic hydroxyl groups excluding tert-OH is 2. The fourth-order valence-corrected chi connectivity index (χ4v) is 3.33. The van der Waals surface area contributed by atoms with E-state index in [0.29, 0.717) is 5.56 Å². The van der Waals surface area contributed by atoms with Crippen LogP contribution in [0.1, 0.15) is 12.5 Å². The zero-order valence-electron chi connectivity index (χ0n) is 13.7. The van der Waals surface area contributed by atoms with E-state index in [1.54, 1.807) is 6.92 Å².